The van der Waals surface area contributed by atoms with Gasteiger partial charge in [0.2, 0.25) is 0 Å². The largest absolute Gasteiger partial charge is 0.422 e. The number of rotatable bonds is 7. The normalized spacial score (nSPS) is 13.8. The van der Waals surface area contributed by atoms with E-state index in [1.807, 2.05) is 35.6 Å². The highest BCUT2D eigenvalue weighted by molar-refractivity contribution is 14.1. The van der Waals surface area contributed by atoms with E-state index in [1.54, 1.807) is 48.7 Å². The van der Waals surface area contributed by atoms with Crippen LogP contribution in [0.1, 0.15) is 53.8 Å². The molecule has 0 saturated heterocycles. The van der Waals surface area contributed by atoms with Crippen molar-refractivity contribution < 1.29 is 17.2 Å². The quantitative estimate of drug-likeness (QED) is 0.235. The van der Waals surface area contributed by atoms with Crippen molar-refractivity contribution in [1.29, 1.82) is 0 Å². The Morgan fingerprint density at radius 2 is 1.84 bits per heavy atom. The summed E-state index contributed by atoms with van der Waals surface area (Å²) in [5, 5.41) is 0.263. The molecule has 0 atom stereocenters. The van der Waals surface area contributed by atoms with E-state index in [-0.39, 0.29) is 46.1 Å². The molecule has 1 saturated carbocycles. The zero-order valence-electron chi connectivity index (χ0n) is 21.3. The van der Waals surface area contributed by atoms with E-state index < -0.39 is 21.3 Å². The van der Waals surface area contributed by atoms with Crippen LogP contribution >= 0.6 is 22.6 Å². The van der Waals surface area contributed by atoms with Crippen molar-refractivity contribution in [2.24, 2.45) is 0 Å². The van der Waals surface area contributed by atoms with Gasteiger partial charge in [-0.25, -0.2) is 17.6 Å². The van der Waals surface area contributed by atoms with Gasteiger partial charge in [0.05, 0.1) is 11.1 Å². The molecule has 0 unspecified atom stereocenters. The lowest BCUT2D eigenvalue weighted by Gasteiger charge is -2.19. The second-order valence-corrected chi connectivity index (χ2v) is 13.5. The Balaban J connectivity index is 1.82. The minimum atomic E-state index is -3.27. The third-order valence-corrected chi connectivity index (χ3v) is 9.53. The van der Waals surface area contributed by atoms with E-state index in [1.165, 1.54) is 6.07 Å². The molecule has 38 heavy (non-hydrogen) atoms. The molecule has 2 heterocycles. The lowest BCUT2D eigenvalue weighted by molar-refractivity contribution is 0.549. The highest BCUT2D eigenvalue weighted by atomic mass is 127. The monoisotopic (exact) mass is 647 g/mol. The van der Waals surface area contributed by atoms with Gasteiger partial charge in [0.1, 0.15) is 5.82 Å². The lowest BCUT2D eigenvalue weighted by atomic mass is 9.94. The van der Waals surface area contributed by atoms with Crippen molar-refractivity contribution >= 4 is 43.4 Å². The van der Waals surface area contributed by atoms with Crippen LogP contribution in [0.4, 0.5) is 4.39 Å². The fourth-order valence-corrected chi connectivity index (χ4v) is 6.33. The average molecular weight is 648 g/mol. The Hall–Kier alpha value is -2.79. The first-order valence-electron chi connectivity index (χ1n) is 12.5. The van der Waals surface area contributed by atoms with Gasteiger partial charge < -0.3 is 8.98 Å². The molecule has 0 amide bonds. The number of fused-ring (bicyclic) bond motifs is 1. The lowest BCUT2D eigenvalue weighted by Crippen LogP contribution is -2.25. The fourth-order valence-electron chi connectivity index (χ4n) is 4.99. The first kappa shape index (κ1) is 26.8. The van der Waals surface area contributed by atoms with Gasteiger partial charge in [0.25, 0.3) is 5.56 Å². The molecule has 0 N–H and O–H groups in total. The molecule has 2 aromatic heterocycles. The van der Waals surface area contributed by atoms with E-state index >= 15 is 0 Å². The summed E-state index contributed by atoms with van der Waals surface area (Å²) in [5.74, 6) is -0.493. The van der Waals surface area contributed by atoms with Gasteiger partial charge >= 0.3 is 5.63 Å². The maximum absolute atomic E-state index is 14.9. The van der Waals surface area contributed by atoms with E-state index in [0.29, 0.717) is 33.5 Å². The Labute approximate surface area is 233 Å². The predicted octanol–water partition coefficient (Wildman–Crippen LogP) is 5.84. The van der Waals surface area contributed by atoms with Gasteiger partial charge in [0.15, 0.2) is 15.4 Å². The van der Waals surface area contributed by atoms with Gasteiger partial charge in [-0.3, -0.25) is 4.79 Å². The molecule has 2 aromatic carbocycles. The molecule has 0 aliphatic heterocycles. The predicted molar refractivity (Wildman–Crippen MR) is 155 cm³/mol. The van der Waals surface area contributed by atoms with Gasteiger partial charge in [-0.1, -0.05) is 31.2 Å². The van der Waals surface area contributed by atoms with E-state index in [2.05, 4.69) is 0 Å². The maximum atomic E-state index is 14.9. The molecular weight excluding hydrogens is 620 g/mol. The Kier molecular flexibility index (Phi) is 7.10. The standard InChI is InChI=1S/C29H27FINO5S/c1-4-38(35,36)15-18-6-5-7-20(12-18)25-17(3)32(22-10-11-22)28(33)26-23(16(2)29(34)37-27(25)26)13-19-8-9-21(31)14-24(19)30/h5-9,12,14,22H,4,10-11,13,15H2,1-3H3. The third kappa shape index (κ3) is 4.98. The second-order valence-electron chi connectivity index (χ2n) is 9.85. The molecule has 0 bridgehead atoms. The van der Waals surface area contributed by atoms with Crippen LogP contribution in [0.3, 0.4) is 0 Å². The van der Waals surface area contributed by atoms with Crippen molar-refractivity contribution in [2.75, 3.05) is 5.75 Å². The third-order valence-electron chi connectivity index (χ3n) is 7.20. The zero-order valence-corrected chi connectivity index (χ0v) is 24.3. The van der Waals surface area contributed by atoms with Crippen molar-refractivity contribution in [3.8, 4) is 11.1 Å². The molecule has 1 aliphatic rings. The number of nitrogens with zero attached hydrogens (tertiary/aromatic N) is 1. The Bertz CT molecular complexity index is 1820. The number of benzene rings is 2. The van der Waals surface area contributed by atoms with Crippen molar-refractivity contribution in [3.63, 3.8) is 0 Å². The molecule has 1 fully saturated rings. The number of aromatic nitrogens is 1. The smallest absolute Gasteiger partial charge is 0.339 e. The minimum absolute atomic E-state index is 0.0261. The van der Waals surface area contributed by atoms with Crippen LogP contribution in [0.2, 0.25) is 0 Å². The van der Waals surface area contributed by atoms with E-state index in [9.17, 15) is 22.4 Å². The van der Waals surface area contributed by atoms with Gasteiger partial charge in [0, 0.05) is 38.6 Å². The molecule has 5 rings (SSSR count). The van der Waals surface area contributed by atoms with Crippen molar-refractivity contribution in [3.05, 3.63) is 101 Å². The topological polar surface area (TPSA) is 86.4 Å². The SMILES string of the molecule is CCS(=O)(=O)Cc1cccc(-c2c(C)n(C3CC3)c(=O)c3c(Cc4ccc(I)cc4F)c(C)c(=O)oc23)c1. The highest BCUT2D eigenvalue weighted by Gasteiger charge is 2.31. The maximum Gasteiger partial charge on any atom is 0.339 e. The number of hydrogen-bond acceptors (Lipinski definition) is 5. The number of sulfone groups is 1. The summed E-state index contributed by atoms with van der Waals surface area (Å²) >= 11 is 2.03. The average Bonchev–Trinajstić information content (AvgIpc) is 3.68. The summed E-state index contributed by atoms with van der Waals surface area (Å²) in [5.41, 5.74) is 2.88. The van der Waals surface area contributed by atoms with Crippen LogP contribution in [0.5, 0.6) is 0 Å². The molecular formula is C29H27FINO5S. The molecule has 1 aliphatic carbocycles. The van der Waals surface area contributed by atoms with Gasteiger partial charge in [-0.05, 0) is 89.7 Å². The Morgan fingerprint density at radius 1 is 1.11 bits per heavy atom. The Morgan fingerprint density at radius 3 is 2.50 bits per heavy atom. The number of hydrogen-bond donors (Lipinski definition) is 0. The summed E-state index contributed by atoms with van der Waals surface area (Å²) in [6.07, 6.45) is 1.78. The number of halogens is 2. The first-order valence-corrected chi connectivity index (χ1v) is 15.4. The molecule has 0 radical (unpaired) electrons. The van der Waals surface area contributed by atoms with Gasteiger partial charge in [-0.2, -0.15) is 0 Å². The van der Waals surface area contributed by atoms with Crippen LogP contribution in [-0.4, -0.2) is 18.7 Å². The summed E-state index contributed by atoms with van der Waals surface area (Å²) in [6.45, 7) is 5.03. The van der Waals surface area contributed by atoms with Gasteiger partial charge in [-0.15, -0.1) is 0 Å². The first-order chi connectivity index (χ1) is 18.0. The molecule has 198 valence electrons. The van der Waals surface area contributed by atoms with Crippen LogP contribution in [0, 0.1) is 23.2 Å². The van der Waals surface area contributed by atoms with Crippen LogP contribution in [0.15, 0.2) is 56.5 Å². The molecule has 9 heteroatoms. The van der Waals surface area contributed by atoms with Crippen LogP contribution in [-0.2, 0) is 22.0 Å². The van der Waals surface area contributed by atoms with E-state index in [4.69, 9.17) is 4.42 Å². The molecule has 0 spiro atoms. The fraction of sp³-hybridized carbons (Fsp3) is 0.310. The zero-order chi connectivity index (χ0) is 27.4. The summed E-state index contributed by atoms with van der Waals surface area (Å²) in [4.78, 5) is 27.0. The van der Waals surface area contributed by atoms with Crippen LogP contribution < -0.4 is 11.2 Å². The number of pyridine rings is 1. The second kappa shape index (κ2) is 10.1. The van der Waals surface area contributed by atoms with Crippen LogP contribution in [0.25, 0.3) is 22.1 Å². The summed E-state index contributed by atoms with van der Waals surface area (Å²) < 4.78 is 47.8. The molecule has 6 nitrogen and oxygen atoms in total. The van der Waals surface area contributed by atoms with Crippen molar-refractivity contribution in [2.45, 2.75) is 51.8 Å². The van der Waals surface area contributed by atoms with Crippen molar-refractivity contribution in [1.82, 2.24) is 4.57 Å². The molecule has 4 aromatic rings. The highest BCUT2D eigenvalue weighted by Crippen LogP contribution is 2.40. The summed E-state index contributed by atoms with van der Waals surface area (Å²) in [6, 6.07) is 12.0. The van der Waals surface area contributed by atoms with E-state index in [0.717, 1.165) is 16.4 Å². The minimum Gasteiger partial charge on any atom is -0.422 e. The summed E-state index contributed by atoms with van der Waals surface area (Å²) in [7, 11) is -3.27.